The van der Waals surface area contributed by atoms with Gasteiger partial charge in [0.05, 0.1) is 16.6 Å². The summed E-state index contributed by atoms with van der Waals surface area (Å²) in [5.74, 6) is 0.215. The number of hydrogen-bond donors (Lipinski definition) is 0. The molecule has 0 aliphatic carbocycles. The van der Waals surface area contributed by atoms with Crippen LogP contribution in [-0.4, -0.2) is 25.9 Å². The summed E-state index contributed by atoms with van der Waals surface area (Å²) < 4.78 is 8.30. The Bertz CT molecular complexity index is 896. The molecule has 140 valence electrons. The SMILES string of the molecule is CC(C)(C)OC(=O)C1CCCc2nn(Cc3ccc(Cl)c(Cl)c3)c(=O)n21. The molecule has 1 aliphatic rings. The van der Waals surface area contributed by atoms with Gasteiger partial charge in [0.25, 0.3) is 0 Å². The van der Waals surface area contributed by atoms with Crippen molar-refractivity contribution in [2.45, 2.75) is 58.2 Å². The smallest absolute Gasteiger partial charge is 0.347 e. The number of ether oxygens (including phenoxy) is 1. The van der Waals surface area contributed by atoms with Gasteiger partial charge in [-0.05, 0) is 51.3 Å². The van der Waals surface area contributed by atoms with Gasteiger partial charge in [-0.25, -0.2) is 14.3 Å². The van der Waals surface area contributed by atoms with Crippen LogP contribution < -0.4 is 5.69 Å². The molecule has 1 unspecified atom stereocenters. The second kappa shape index (κ2) is 7.08. The second-order valence-electron chi connectivity index (χ2n) is 7.42. The summed E-state index contributed by atoms with van der Waals surface area (Å²) in [7, 11) is 0. The molecule has 2 heterocycles. The van der Waals surface area contributed by atoms with E-state index < -0.39 is 17.6 Å². The second-order valence-corrected chi connectivity index (χ2v) is 8.23. The van der Waals surface area contributed by atoms with E-state index in [1.54, 1.807) is 18.2 Å². The largest absolute Gasteiger partial charge is 0.458 e. The van der Waals surface area contributed by atoms with Crippen molar-refractivity contribution >= 4 is 29.2 Å². The molecule has 1 aliphatic heterocycles. The Morgan fingerprint density at radius 3 is 2.69 bits per heavy atom. The molecule has 1 atom stereocenters. The van der Waals surface area contributed by atoms with E-state index in [0.717, 1.165) is 12.0 Å². The lowest BCUT2D eigenvalue weighted by Crippen LogP contribution is -2.38. The van der Waals surface area contributed by atoms with E-state index in [2.05, 4.69) is 5.10 Å². The van der Waals surface area contributed by atoms with Crippen molar-refractivity contribution in [2.24, 2.45) is 0 Å². The summed E-state index contributed by atoms with van der Waals surface area (Å²) in [6.45, 7) is 5.69. The maximum Gasteiger partial charge on any atom is 0.347 e. The number of carbonyl (C=O) groups is 1. The quantitative estimate of drug-likeness (QED) is 0.741. The number of rotatable bonds is 3. The molecule has 0 spiro atoms. The molecule has 0 bridgehead atoms. The van der Waals surface area contributed by atoms with Crippen LogP contribution in [0.25, 0.3) is 0 Å². The summed E-state index contributed by atoms with van der Waals surface area (Å²) in [6.07, 6.45) is 2.01. The zero-order valence-electron chi connectivity index (χ0n) is 15.0. The number of aromatic nitrogens is 3. The van der Waals surface area contributed by atoms with Gasteiger partial charge in [0.2, 0.25) is 0 Å². The number of fused-ring (bicyclic) bond motifs is 1. The minimum atomic E-state index is -0.631. The van der Waals surface area contributed by atoms with Crippen molar-refractivity contribution in [2.75, 3.05) is 0 Å². The van der Waals surface area contributed by atoms with Crippen molar-refractivity contribution in [1.82, 2.24) is 14.3 Å². The first-order chi connectivity index (χ1) is 12.2. The Morgan fingerprint density at radius 1 is 1.31 bits per heavy atom. The predicted octanol–water partition coefficient (Wildman–Crippen LogP) is 3.62. The van der Waals surface area contributed by atoms with Crippen LogP contribution in [-0.2, 0) is 22.5 Å². The van der Waals surface area contributed by atoms with Gasteiger partial charge in [-0.2, -0.15) is 5.10 Å². The van der Waals surface area contributed by atoms with Crippen LogP contribution in [0.3, 0.4) is 0 Å². The predicted molar refractivity (Wildman–Crippen MR) is 99.9 cm³/mol. The Morgan fingerprint density at radius 2 is 2.04 bits per heavy atom. The Kier molecular flexibility index (Phi) is 5.17. The van der Waals surface area contributed by atoms with Gasteiger partial charge in [0.1, 0.15) is 17.5 Å². The molecular weight excluding hydrogens is 377 g/mol. The van der Waals surface area contributed by atoms with Crippen LogP contribution in [0.4, 0.5) is 0 Å². The lowest BCUT2D eigenvalue weighted by atomic mass is 10.0. The average Bonchev–Trinajstić information content (AvgIpc) is 2.85. The van der Waals surface area contributed by atoms with Gasteiger partial charge < -0.3 is 4.74 Å². The molecule has 0 amide bonds. The molecule has 26 heavy (non-hydrogen) atoms. The number of halogens is 2. The zero-order chi connectivity index (χ0) is 19.1. The van der Waals surface area contributed by atoms with E-state index in [1.165, 1.54) is 9.25 Å². The highest BCUT2D eigenvalue weighted by atomic mass is 35.5. The fourth-order valence-corrected chi connectivity index (χ4v) is 3.36. The first-order valence-corrected chi connectivity index (χ1v) is 9.26. The number of carbonyl (C=O) groups excluding carboxylic acids is 1. The molecule has 1 aromatic carbocycles. The summed E-state index contributed by atoms with van der Waals surface area (Å²) in [6, 6.07) is 4.56. The molecule has 0 fully saturated rings. The maximum absolute atomic E-state index is 12.8. The van der Waals surface area contributed by atoms with Gasteiger partial charge in [-0.1, -0.05) is 29.3 Å². The molecule has 3 rings (SSSR count). The van der Waals surface area contributed by atoms with Crippen LogP contribution in [0.15, 0.2) is 23.0 Å². The van der Waals surface area contributed by atoms with Gasteiger partial charge in [-0.3, -0.25) is 4.57 Å². The highest BCUT2D eigenvalue weighted by molar-refractivity contribution is 6.42. The van der Waals surface area contributed by atoms with E-state index in [0.29, 0.717) is 28.7 Å². The minimum Gasteiger partial charge on any atom is -0.458 e. The molecule has 0 N–H and O–H groups in total. The van der Waals surface area contributed by atoms with Gasteiger partial charge in [0, 0.05) is 6.42 Å². The highest BCUT2D eigenvalue weighted by Crippen LogP contribution is 2.26. The molecule has 1 aromatic heterocycles. The number of nitrogens with zero attached hydrogens (tertiary/aromatic N) is 3. The average molecular weight is 398 g/mol. The number of esters is 1. The molecule has 0 radical (unpaired) electrons. The van der Waals surface area contributed by atoms with Crippen molar-refractivity contribution in [3.05, 3.63) is 50.1 Å². The van der Waals surface area contributed by atoms with E-state index in [9.17, 15) is 9.59 Å². The van der Waals surface area contributed by atoms with Gasteiger partial charge in [-0.15, -0.1) is 0 Å². The first kappa shape index (κ1) is 19.0. The molecule has 0 saturated heterocycles. The van der Waals surface area contributed by atoms with Crippen molar-refractivity contribution < 1.29 is 9.53 Å². The van der Waals surface area contributed by atoms with Gasteiger partial charge in [0.15, 0.2) is 0 Å². The summed E-state index contributed by atoms with van der Waals surface area (Å²) in [5, 5.41) is 5.29. The van der Waals surface area contributed by atoms with E-state index in [1.807, 2.05) is 20.8 Å². The summed E-state index contributed by atoms with van der Waals surface area (Å²) in [5.41, 5.74) is -0.110. The third-order valence-electron chi connectivity index (χ3n) is 4.13. The molecule has 6 nitrogen and oxygen atoms in total. The van der Waals surface area contributed by atoms with Crippen molar-refractivity contribution in [3.63, 3.8) is 0 Å². The Labute approximate surface area is 161 Å². The Hall–Kier alpha value is -1.79. The normalized spacial score (nSPS) is 17.0. The van der Waals surface area contributed by atoms with Crippen LogP contribution >= 0.6 is 23.2 Å². The fourth-order valence-electron chi connectivity index (χ4n) is 3.04. The van der Waals surface area contributed by atoms with Crippen LogP contribution in [0.5, 0.6) is 0 Å². The van der Waals surface area contributed by atoms with Gasteiger partial charge >= 0.3 is 11.7 Å². The lowest BCUT2D eigenvalue weighted by Gasteiger charge is -2.26. The molecule has 0 saturated carbocycles. The summed E-state index contributed by atoms with van der Waals surface area (Å²) in [4.78, 5) is 25.4. The first-order valence-electron chi connectivity index (χ1n) is 8.51. The van der Waals surface area contributed by atoms with Crippen molar-refractivity contribution in [3.8, 4) is 0 Å². The number of aryl methyl sites for hydroxylation is 1. The third kappa shape index (κ3) is 3.96. The van der Waals surface area contributed by atoms with E-state index in [4.69, 9.17) is 27.9 Å². The van der Waals surface area contributed by atoms with Crippen LogP contribution in [0, 0.1) is 0 Å². The maximum atomic E-state index is 12.8. The topological polar surface area (TPSA) is 66.1 Å². The fraction of sp³-hybridized carbons (Fsp3) is 0.500. The number of benzene rings is 1. The van der Waals surface area contributed by atoms with Crippen LogP contribution in [0.1, 0.15) is 51.0 Å². The third-order valence-corrected chi connectivity index (χ3v) is 4.86. The highest BCUT2D eigenvalue weighted by Gasteiger charge is 2.33. The minimum absolute atomic E-state index is 0.261. The van der Waals surface area contributed by atoms with E-state index >= 15 is 0 Å². The molecule has 2 aromatic rings. The molecular formula is C18H21Cl2N3O3. The zero-order valence-corrected chi connectivity index (χ0v) is 16.5. The Balaban J connectivity index is 1.91. The monoisotopic (exact) mass is 397 g/mol. The van der Waals surface area contributed by atoms with Crippen molar-refractivity contribution in [1.29, 1.82) is 0 Å². The lowest BCUT2D eigenvalue weighted by molar-refractivity contribution is -0.159. The molecule has 8 heteroatoms. The van der Waals surface area contributed by atoms with E-state index in [-0.39, 0.29) is 12.2 Å². The summed E-state index contributed by atoms with van der Waals surface area (Å²) >= 11 is 12.0. The number of hydrogen-bond acceptors (Lipinski definition) is 4. The van der Waals surface area contributed by atoms with Crippen LogP contribution in [0.2, 0.25) is 10.0 Å². The standard InChI is InChI=1S/C18H21Cl2N3O3/c1-18(2,3)26-16(24)14-5-4-6-15-21-22(17(25)23(14)15)10-11-7-8-12(19)13(20)9-11/h7-9,14H,4-6,10H2,1-3H3.